The van der Waals surface area contributed by atoms with E-state index < -0.39 is 0 Å². The average molecular weight is 238 g/mol. The zero-order valence-corrected chi connectivity index (χ0v) is 9.80. The highest BCUT2D eigenvalue weighted by Gasteiger charge is 1.95. The highest BCUT2D eigenvalue weighted by molar-refractivity contribution is 5.82. The largest absolute Gasteiger partial charge is 0.369 e. The van der Waals surface area contributed by atoms with Crippen LogP contribution >= 0.6 is 0 Å². The number of guanidine groups is 1. The fraction of sp³-hybridized carbons (Fsp3) is 0. The van der Waals surface area contributed by atoms with Crippen LogP contribution in [-0.2, 0) is 0 Å². The zero-order valence-electron chi connectivity index (χ0n) is 9.80. The third-order valence-electron chi connectivity index (χ3n) is 2.42. The van der Waals surface area contributed by atoms with Crippen molar-refractivity contribution in [3.05, 3.63) is 60.2 Å². The molecule has 0 aliphatic carbocycles. The fourth-order valence-corrected chi connectivity index (χ4v) is 1.57. The van der Waals surface area contributed by atoms with Gasteiger partial charge < -0.3 is 5.73 Å². The predicted octanol–water partition coefficient (Wildman–Crippen LogP) is 2.17. The molecule has 4 heteroatoms. The zero-order chi connectivity index (χ0) is 12.8. The molecule has 0 aliphatic heterocycles. The Balaban J connectivity index is 2.11. The standard InChI is InChI=1S/C14H14N4/c15-14(16)18-17-10-11-6-8-13(9-7-11)12-4-2-1-3-5-12/h1-10H,(H4,15,16,18). The lowest BCUT2D eigenvalue weighted by Crippen LogP contribution is -2.25. The molecule has 0 amide bonds. The summed E-state index contributed by atoms with van der Waals surface area (Å²) >= 11 is 0. The second kappa shape index (κ2) is 5.63. The Morgan fingerprint density at radius 2 is 1.61 bits per heavy atom. The van der Waals surface area contributed by atoms with Crippen LogP contribution < -0.4 is 11.2 Å². The minimum absolute atomic E-state index is 0.174. The molecule has 4 nitrogen and oxygen atoms in total. The summed E-state index contributed by atoms with van der Waals surface area (Å²) in [5.74, 6) is -0.174. The second-order valence-electron chi connectivity index (χ2n) is 3.77. The highest BCUT2D eigenvalue weighted by Crippen LogP contribution is 2.18. The van der Waals surface area contributed by atoms with E-state index in [0.29, 0.717) is 0 Å². The number of rotatable bonds is 3. The summed E-state index contributed by atoms with van der Waals surface area (Å²) in [6, 6.07) is 18.2. The van der Waals surface area contributed by atoms with Crippen LogP contribution in [0.3, 0.4) is 0 Å². The van der Waals surface area contributed by atoms with Crippen molar-refractivity contribution in [2.24, 2.45) is 10.8 Å². The molecule has 2 aromatic rings. The van der Waals surface area contributed by atoms with E-state index >= 15 is 0 Å². The van der Waals surface area contributed by atoms with Crippen molar-refractivity contribution in [2.75, 3.05) is 0 Å². The molecule has 0 radical (unpaired) electrons. The molecule has 0 heterocycles. The van der Waals surface area contributed by atoms with Crippen LogP contribution in [-0.4, -0.2) is 12.2 Å². The Bertz CT molecular complexity index is 544. The number of nitrogens with one attached hydrogen (secondary N) is 2. The first-order valence-electron chi connectivity index (χ1n) is 5.54. The van der Waals surface area contributed by atoms with Gasteiger partial charge >= 0.3 is 0 Å². The maximum atomic E-state index is 6.96. The first-order chi connectivity index (χ1) is 8.75. The molecular formula is C14H14N4. The number of benzene rings is 2. The third kappa shape index (κ3) is 3.18. The first-order valence-corrected chi connectivity index (χ1v) is 5.54. The van der Waals surface area contributed by atoms with Crippen LogP contribution in [0, 0.1) is 5.41 Å². The van der Waals surface area contributed by atoms with Gasteiger partial charge in [-0.05, 0) is 16.7 Å². The Morgan fingerprint density at radius 1 is 1.00 bits per heavy atom. The lowest BCUT2D eigenvalue weighted by molar-refractivity contribution is 1.00. The van der Waals surface area contributed by atoms with E-state index in [9.17, 15) is 0 Å². The van der Waals surface area contributed by atoms with Gasteiger partial charge in [0.15, 0.2) is 0 Å². The quantitative estimate of drug-likeness (QED) is 0.435. The van der Waals surface area contributed by atoms with Gasteiger partial charge in [0.1, 0.15) is 0 Å². The maximum Gasteiger partial charge on any atom is 0.206 e. The van der Waals surface area contributed by atoms with Gasteiger partial charge in [-0.25, -0.2) is 5.43 Å². The molecule has 0 atom stereocenters. The topological polar surface area (TPSA) is 74.3 Å². The van der Waals surface area contributed by atoms with Crippen molar-refractivity contribution in [3.8, 4) is 11.1 Å². The van der Waals surface area contributed by atoms with Gasteiger partial charge in [-0.3, -0.25) is 5.41 Å². The van der Waals surface area contributed by atoms with Crippen LogP contribution in [0.5, 0.6) is 0 Å². The van der Waals surface area contributed by atoms with E-state index in [-0.39, 0.29) is 5.96 Å². The monoisotopic (exact) mass is 238 g/mol. The van der Waals surface area contributed by atoms with Gasteiger partial charge in [-0.15, -0.1) is 0 Å². The van der Waals surface area contributed by atoms with E-state index in [0.717, 1.165) is 11.1 Å². The first kappa shape index (κ1) is 11.9. The number of nitrogens with two attached hydrogens (primary N) is 1. The number of hydrogen-bond donors (Lipinski definition) is 3. The molecule has 0 aliphatic rings. The van der Waals surface area contributed by atoms with Gasteiger partial charge in [0.2, 0.25) is 5.96 Å². The molecular weight excluding hydrogens is 224 g/mol. The number of hydrazone groups is 1. The molecule has 2 rings (SSSR count). The molecule has 0 bridgehead atoms. The van der Waals surface area contributed by atoms with Crippen molar-refractivity contribution in [3.63, 3.8) is 0 Å². The van der Waals surface area contributed by atoms with E-state index in [1.165, 1.54) is 5.56 Å². The molecule has 0 spiro atoms. The minimum Gasteiger partial charge on any atom is -0.369 e. The van der Waals surface area contributed by atoms with Crippen molar-refractivity contribution in [1.82, 2.24) is 5.43 Å². The lowest BCUT2D eigenvalue weighted by Gasteiger charge is -2.01. The van der Waals surface area contributed by atoms with Crippen molar-refractivity contribution < 1.29 is 0 Å². The summed E-state index contributed by atoms with van der Waals surface area (Å²) in [5, 5.41) is 10.8. The smallest absolute Gasteiger partial charge is 0.206 e. The second-order valence-corrected chi connectivity index (χ2v) is 3.77. The average Bonchev–Trinajstić information content (AvgIpc) is 2.40. The van der Waals surface area contributed by atoms with Gasteiger partial charge in [-0.2, -0.15) is 5.10 Å². The van der Waals surface area contributed by atoms with Crippen LogP contribution in [0.15, 0.2) is 59.7 Å². The SMILES string of the molecule is N=C(N)NN=Cc1ccc(-c2ccccc2)cc1. The summed E-state index contributed by atoms with van der Waals surface area (Å²) in [4.78, 5) is 0. The minimum atomic E-state index is -0.174. The van der Waals surface area contributed by atoms with E-state index in [4.69, 9.17) is 11.1 Å². The van der Waals surface area contributed by atoms with Crippen LogP contribution in [0.1, 0.15) is 5.56 Å². The Hall–Kier alpha value is -2.62. The summed E-state index contributed by atoms with van der Waals surface area (Å²) in [6.45, 7) is 0. The predicted molar refractivity (Wildman–Crippen MR) is 74.5 cm³/mol. The van der Waals surface area contributed by atoms with Crippen molar-refractivity contribution in [1.29, 1.82) is 5.41 Å². The molecule has 2 aromatic carbocycles. The molecule has 18 heavy (non-hydrogen) atoms. The number of hydrogen-bond acceptors (Lipinski definition) is 2. The molecule has 90 valence electrons. The fourth-order valence-electron chi connectivity index (χ4n) is 1.57. The summed E-state index contributed by atoms with van der Waals surface area (Å²) in [6.07, 6.45) is 1.62. The molecule has 0 saturated heterocycles. The highest BCUT2D eigenvalue weighted by atomic mass is 15.3. The normalized spacial score (nSPS) is 10.4. The Morgan fingerprint density at radius 3 is 2.22 bits per heavy atom. The van der Waals surface area contributed by atoms with E-state index in [1.54, 1.807) is 6.21 Å². The van der Waals surface area contributed by atoms with E-state index in [2.05, 4.69) is 22.7 Å². The maximum absolute atomic E-state index is 6.96. The Labute approximate surface area is 106 Å². The summed E-state index contributed by atoms with van der Waals surface area (Å²) in [5.41, 5.74) is 10.8. The van der Waals surface area contributed by atoms with Crippen molar-refractivity contribution >= 4 is 12.2 Å². The third-order valence-corrected chi connectivity index (χ3v) is 2.42. The van der Waals surface area contributed by atoms with E-state index in [1.807, 2.05) is 42.5 Å². The van der Waals surface area contributed by atoms with Crippen LogP contribution in [0.2, 0.25) is 0 Å². The molecule has 0 unspecified atom stereocenters. The van der Waals surface area contributed by atoms with Gasteiger partial charge in [0, 0.05) is 0 Å². The molecule has 0 saturated carbocycles. The van der Waals surface area contributed by atoms with Gasteiger partial charge in [-0.1, -0.05) is 54.6 Å². The van der Waals surface area contributed by atoms with Crippen LogP contribution in [0.25, 0.3) is 11.1 Å². The lowest BCUT2D eigenvalue weighted by atomic mass is 10.0. The van der Waals surface area contributed by atoms with Crippen LogP contribution in [0.4, 0.5) is 0 Å². The van der Waals surface area contributed by atoms with Gasteiger partial charge in [0.25, 0.3) is 0 Å². The molecule has 0 fully saturated rings. The summed E-state index contributed by atoms with van der Waals surface area (Å²) in [7, 11) is 0. The molecule has 0 aromatic heterocycles. The summed E-state index contributed by atoms with van der Waals surface area (Å²) < 4.78 is 0. The molecule has 4 N–H and O–H groups in total. The number of nitrogens with zero attached hydrogens (tertiary/aromatic N) is 1. The van der Waals surface area contributed by atoms with Gasteiger partial charge in [0.05, 0.1) is 6.21 Å². The Kier molecular flexibility index (Phi) is 3.71. The van der Waals surface area contributed by atoms with Crippen molar-refractivity contribution in [2.45, 2.75) is 0 Å².